The molecule has 1 aliphatic carbocycles. The third-order valence-electron chi connectivity index (χ3n) is 4.71. The van der Waals surface area contributed by atoms with E-state index in [9.17, 15) is 13.3 Å². The van der Waals surface area contributed by atoms with Gasteiger partial charge in [0.15, 0.2) is 5.01 Å². The fraction of sp³-hybridized carbons (Fsp3) is 0.800. The Hall–Kier alpha value is -0.280. The summed E-state index contributed by atoms with van der Waals surface area (Å²) in [6.07, 6.45) is 0.0492. The van der Waals surface area contributed by atoms with Crippen molar-refractivity contribution in [3.05, 3.63) is 15.6 Å². The summed E-state index contributed by atoms with van der Waals surface area (Å²) in [5, 5.41) is 3.23. The Balaban J connectivity index is 1.92. The van der Waals surface area contributed by atoms with Crippen LogP contribution in [0.3, 0.4) is 0 Å². The molecule has 2 atom stereocenters. The van der Waals surface area contributed by atoms with Gasteiger partial charge in [-0.2, -0.15) is 0 Å². The maximum atomic E-state index is 13.0. The Morgan fingerprint density at radius 1 is 1.39 bits per heavy atom. The zero-order chi connectivity index (χ0) is 16.8. The summed E-state index contributed by atoms with van der Waals surface area (Å²) in [5.41, 5.74) is 0.719. The van der Waals surface area contributed by atoms with Gasteiger partial charge in [-0.25, -0.2) is 13.8 Å². The van der Waals surface area contributed by atoms with Crippen LogP contribution >= 0.6 is 11.3 Å². The standard InChI is InChI=1S/C15H23F2N3OS2/c1-14(2,3)23(21)20-11-10-9(19-13(22-10)12(16)17)8-15(11)4-6-18-7-5-15/h11-12,18,20H,4-8H2,1-3H3/t11-,23?/m1/s1. The molecule has 130 valence electrons. The molecule has 1 unspecified atom stereocenters. The SMILES string of the molecule is CC(C)(C)[S+]([O-])N[C@@H]1c2sc(C(F)F)nc2CC12CCNCC2. The number of alkyl halides is 2. The molecule has 23 heavy (non-hydrogen) atoms. The summed E-state index contributed by atoms with van der Waals surface area (Å²) >= 11 is -0.163. The van der Waals surface area contributed by atoms with Crippen molar-refractivity contribution in [2.75, 3.05) is 13.1 Å². The molecule has 3 rings (SSSR count). The quantitative estimate of drug-likeness (QED) is 0.810. The summed E-state index contributed by atoms with van der Waals surface area (Å²) in [6, 6.07) is -0.148. The smallest absolute Gasteiger partial charge is 0.289 e. The number of halogens is 2. The Morgan fingerprint density at radius 3 is 2.61 bits per heavy atom. The van der Waals surface area contributed by atoms with Crippen molar-refractivity contribution in [3.8, 4) is 0 Å². The van der Waals surface area contributed by atoms with Gasteiger partial charge in [-0.3, -0.25) is 0 Å². The summed E-state index contributed by atoms with van der Waals surface area (Å²) in [6.45, 7) is 7.54. The monoisotopic (exact) mass is 363 g/mol. The third kappa shape index (κ3) is 3.28. The van der Waals surface area contributed by atoms with Crippen LogP contribution in [-0.4, -0.2) is 27.4 Å². The first-order chi connectivity index (χ1) is 10.7. The maximum Gasteiger partial charge on any atom is 0.289 e. The Morgan fingerprint density at radius 2 is 2.04 bits per heavy atom. The molecule has 0 radical (unpaired) electrons. The van der Waals surface area contributed by atoms with Gasteiger partial charge in [0.2, 0.25) is 0 Å². The second kappa shape index (κ2) is 6.22. The van der Waals surface area contributed by atoms with Gasteiger partial charge >= 0.3 is 0 Å². The van der Waals surface area contributed by atoms with E-state index in [1.54, 1.807) is 0 Å². The molecule has 0 saturated carbocycles. The highest BCUT2D eigenvalue weighted by Gasteiger charge is 2.51. The van der Waals surface area contributed by atoms with E-state index in [2.05, 4.69) is 15.0 Å². The van der Waals surface area contributed by atoms with E-state index in [0.717, 1.165) is 47.8 Å². The topological polar surface area (TPSA) is 60.0 Å². The largest absolute Gasteiger partial charge is 0.598 e. The van der Waals surface area contributed by atoms with E-state index >= 15 is 0 Å². The Bertz CT molecular complexity index is 568. The van der Waals surface area contributed by atoms with Crippen molar-refractivity contribution in [2.24, 2.45) is 5.41 Å². The molecule has 1 fully saturated rings. The summed E-state index contributed by atoms with van der Waals surface area (Å²) in [7, 11) is 0. The molecule has 0 aromatic carbocycles. The van der Waals surface area contributed by atoms with Gasteiger partial charge in [0, 0.05) is 16.8 Å². The van der Waals surface area contributed by atoms with Crippen molar-refractivity contribution in [3.63, 3.8) is 0 Å². The van der Waals surface area contributed by atoms with Crippen LogP contribution in [0.2, 0.25) is 0 Å². The molecule has 4 nitrogen and oxygen atoms in total. The normalized spacial score (nSPS) is 25.1. The van der Waals surface area contributed by atoms with E-state index in [1.807, 2.05) is 20.8 Å². The number of fused-ring (bicyclic) bond motifs is 1. The molecule has 2 aliphatic rings. The fourth-order valence-electron chi connectivity index (χ4n) is 3.39. The number of nitrogens with zero attached hydrogens (tertiary/aromatic N) is 1. The van der Waals surface area contributed by atoms with Gasteiger partial charge in [0.25, 0.3) is 6.43 Å². The summed E-state index contributed by atoms with van der Waals surface area (Å²) in [4.78, 5) is 5.03. The van der Waals surface area contributed by atoms with Gasteiger partial charge < -0.3 is 9.87 Å². The molecule has 0 bridgehead atoms. The second-order valence-corrected chi connectivity index (χ2v) is 10.4. The number of hydrogen-bond acceptors (Lipinski definition) is 5. The maximum absolute atomic E-state index is 13.0. The lowest BCUT2D eigenvalue weighted by Gasteiger charge is -2.40. The first-order valence-corrected chi connectivity index (χ1v) is 9.86. The molecule has 1 aromatic heterocycles. The Labute approximate surface area is 142 Å². The molecule has 0 amide bonds. The van der Waals surface area contributed by atoms with Crippen molar-refractivity contribution in [2.45, 2.75) is 57.2 Å². The first kappa shape index (κ1) is 17.5. The molecule has 8 heteroatoms. The van der Waals surface area contributed by atoms with E-state index < -0.39 is 22.5 Å². The highest BCUT2D eigenvalue weighted by Crippen LogP contribution is 2.54. The van der Waals surface area contributed by atoms with Crippen LogP contribution in [0.25, 0.3) is 0 Å². The van der Waals surface area contributed by atoms with Crippen LogP contribution in [-0.2, 0) is 17.8 Å². The van der Waals surface area contributed by atoms with Crippen molar-refractivity contribution in [1.29, 1.82) is 0 Å². The summed E-state index contributed by atoms with van der Waals surface area (Å²) < 4.78 is 41.5. The van der Waals surface area contributed by atoms with E-state index in [-0.39, 0.29) is 16.5 Å². The lowest BCUT2D eigenvalue weighted by molar-refractivity contribution is 0.148. The van der Waals surface area contributed by atoms with Crippen LogP contribution in [0.1, 0.15) is 61.7 Å². The number of hydrogen-bond donors (Lipinski definition) is 2. The van der Waals surface area contributed by atoms with Crippen molar-refractivity contribution in [1.82, 2.24) is 15.0 Å². The minimum Gasteiger partial charge on any atom is -0.598 e. The van der Waals surface area contributed by atoms with Gasteiger partial charge in [0.05, 0.1) is 16.6 Å². The molecule has 1 spiro atoms. The van der Waals surface area contributed by atoms with E-state index in [4.69, 9.17) is 0 Å². The van der Waals surface area contributed by atoms with Crippen LogP contribution in [0.15, 0.2) is 0 Å². The molecule has 1 saturated heterocycles. The van der Waals surface area contributed by atoms with E-state index in [1.165, 1.54) is 0 Å². The Kier molecular flexibility index (Phi) is 4.74. The second-order valence-electron chi connectivity index (χ2n) is 7.38. The summed E-state index contributed by atoms with van der Waals surface area (Å²) in [5.74, 6) is 0. The molecular weight excluding hydrogens is 340 g/mol. The van der Waals surface area contributed by atoms with Crippen LogP contribution in [0.4, 0.5) is 8.78 Å². The van der Waals surface area contributed by atoms with Gasteiger partial charge in [-0.05, 0) is 53.1 Å². The number of aromatic nitrogens is 1. The average molecular weight is 363 g/mol. The lowest BCUT2D eigenvalue weighted by atomic mass is 9.74. The predicted molar refractivity (Wildman–Crippen MR) is 89.1 cm³/mol. The minimum atomic E-state index is -2.54. The number of piperidine rings is 1. The van der Waals surface area contributed by atoms with E-state index in [0.29, 0.717) is 6.42 Å². The average Bonchev–Trinajstić information content (AvgIpc) is 2.97. The highest BCUT2D eigenvalue weighted by molar-refractivity contribution is 7.90. The minimum absolute atomic E-state index is 0.0546. The fourth-order valence-corrected chi connectivity index (χ4v) is 5.54. The van der Waals surface area contributed by atoms with Crippen molar-refractivity contribution < 1.29 is 13.3 Å². The number of thiazole rings is 1. The van der Waals surface area contributed by atoms with Gasteiger partial charge in [0.1, 0.15) is 4.75 Å². The number of rotatable bonds is 3. The van der Waals surface area contributed by atoms with Gasteiger partial charge in [-0.15, -0.1) is 16.1 Å². The van der Waals surface area contributed by atoms with Crippen LogP contribution in [0, 0.1) is 5.41 Å². The van der Waals surface area contributed by atoms with Crippen molar-refractivity contribution >= 4 is 22.7 Å². The lowest BCUT2D eigenvalue weighted by Crippen LogP contribution is -2.48. The third-order valence-corrected chi connectivity index (χ3v) is 7.44. The molecule has 1 aromatic rings. The number of nitrogens with one attached hydrogen (secondary N) is 2. The molecule has 1 aliphatic heterocycles. The zero-order valence-corrected chi connectivity index (χ0v) is 15.3. The molecule has 2 N–H and O–H groups in total. The van der Waals surface area contributed by atoms with Gasteiger partial charge in [-0.1, -0.05) is 0 Å². The predicted octanol–water partition coefficient (Wildman–Crippen LogP) is 3.10. The molecular formula is C15H23F2N3OS2. The zero-order valence-electron chi connectivity index (χ0n) is 13.6. The van der Waals surface area contributed by atoms with Crippen LogP contribution < -0.4 is 10.0 Å². The first-order valence-electron chi connectivity index (χ1n) is 7.89. The molecule has 2 heterocycles. The highest BCUT2D eigenvalue weighted by atomic mass is 32.2. The van der Waals surface area contributed by atoms with Crippen LogP contribution in [0.5, 0.6) is 0 Å².